The SMILES string of the molecule is OC(c1ccc(NCc2cccnc2)cc1)c1ccc(-c2ccc(F)cc2)cc1. The van der Waals surface area contributed by atoms with Crippen LogP contribution < -0.4 is 5.32 Å². The Labute approximate surface area is 169 Å². The van der Waals surface area contributed by atoms with Crippen molar-refractivity contribution in [3.8, 4) is 11.1 Å². The maximum Gasteiger partial charge on any atom is 0.123 e. The average Bonchev–Trinajstić information content (AvgIpc) is 2.79. The Bertz CT molecular complexity index is 1050. The molecule has 0 spiro atoms. The third kappa shape index (κ3) is 4.68. The standard InChI is InChI=1S/C25H21FN2O/c26-23-11-7-20(8-12-23)19-3-5-21(6-4-19)25(29)22-9-13-24(14-10-22)28-17-18-2-1-15-27-16-18/h1-16,25,28-29H,17H2. The summed E-state index contributed by atoms with van der Waals surface area (Å²) in [5, 5.41) is 14.1. The molecule has 29 heavy (non-hydrogen) atoms. The molecule has 2 N–H and O–H groups in total. The molecule has 0 fully saturated rings. The van der Waals surface area contributed by atoms with E-state index in [1.54, 1.807) is 18.3 Å². The second-order valence-electron chi connectivity index (χ2n) is 6.87. The van der Waals surface area contributed by atoms with Crippen LogP contribution in [-0.2, 0) is 6.54 Å². The number of hydrogen-bond donors (Lipinski definition) is 2. The Hall–Kier alpha value is -3.50. The van der Waals surface area contributed by atoms with Crippen molar-refractivity contribution in [2.45, 2.75) is 12.6 Å². The number of aliphatic hydroxyl groups is 1. The van der Waals surface area contributed by atoms with Gasteiger partial charge in [-0.1, -0.05) is 54.6 Å². The topological polar surface area (TPSA) is 45.1 Å². The summed E-state index contributed by atoms with van der Waals surface area (Å²) in [4.78, 5) is 4.11. The van der Waals surface area contributed by atoms with Crippen LogP contribution in [0.2, 0.25) is 0 Å². The van der Waals surface area contributed by atoms with Crippen molar-refractivity contribution in [1.82, 2.24) is 4.98 Å². The lowest BCUT2D eigenvalue weighted by Crippen LogP contribution is -2.02. The van der Waals surface area contributed by atoms with Gasteiger partial charge in [0, 0.05) is 24.6 Å². The first-order valence-electron chi connectivity index (χ1n) is 9.46. The van der Waals surface area contributed by atoms with Crippen LogP contribution in [0.3, 0.4) is 0 Å². The van der Waals surface area contributed by atoms with Crippen LogP contribution in [0.4, 0.5) is 10.1 Å². The second-order valence-corrected chi connectivity index (χ2v) is 6.87. The van der Waals surface area contributed by atoms with Gasteiger partial charge in [0.15, 0.2) is 0 Å². The number of pyridine rings is 1. The van der Waals surface area contributed by atoms with E-state index in [-0.39, 0.29) is 5.82 Å². The van der Waals surface area contributed by atoms with Crippen molar-refractivity contribution in [2.75, 3.05) is 5.32 Å². The molecule has 1 atom stereocenters. The highest BCUT2D eigenvalue weighted by molar-refractivity contribution is 5.63. The number of aliphatic hydroxyl groups excluding tert-OH is 1. The minimum atomic E-state index is -0.704. The van der Waals surface area contributed by atoms with E-state index in [4.69, 9.17) is 0 Å². The largest absolute Gasteiger partial charge is 0.384 e. The summed E-state index contributed by atoms with van der Waals surface area (Å²) in [6.45, 7) is 0.695. The van der Waals surface area contributed by atoms with Crippen LogP contribution >= 0.6 is 0 Å². The van der Waals surface area contributed by atoms with Gasteiger partial charge >= 0.3 is 0 Å². The van der Waals surface area contributed by atoms with E-state index in [9.17, 15) is 9.50 Å². The summed E-state index contributed by atoms with van der Waals surface area (Å²) < 4.78 is 13.1. The maximum atomic E-state index is 13.1. The number of hydrogen-bond acceptors (Lipinski definition) is 3. The monoisotopic (exact) mass is 384 g/mol. The molecule has 4 heteroatoms. The van der Waals surface area contributed by atoms with Crippen LogP contribution in [0.15, 0.2) is 97.3 Å². The highest BCUT2D eigenvalue weighted by Gasteiger charge is 2.11. The number of rotatable bonds is 6. The van der Waals surface area contributed by atoms with Gasteiger partial charge in [-0.25, -0.2) is 4.39 Å². The Morgan fingerprint density at radius 1 is 0.793 bits per heavy atom. The van der Waals surface area contributed by atoms with Crippen LogP contribution in [0.25, 0.3) is 11.1 Å². The zero-order valence-corrected chi connectivity index (χ0v) is 15.8. The van der Waals surface area contributed by atoms with E-state index < -0.39 is 6.10 Å². The molecule has 0 saturated heterocycles. The normalized spacial score (nSPS) is 11.8. The molecular formula is C25H21FN2O. The fourth-order valence-electron chi connectivity index (χ4n) is 3.18. The summed E-state index contributed by atoms with van der Waals surface area (Å²) in [5.41, 5.74) is 5.65. The third-order valence-corrected chi connectivity index (χ3v) is 4.85. The van der Waals surface area contributed by atoms with Gasteiger partial charge in [0.1, 0.15) is 11.9 Å². The van der Waals surface area contributed by atoms with Gasteiger partial charge in [-0.3, -0.25) is 4.98 Å². The Morgan fingerprint density at radius 2 is 1.38 bits per heavy atom. The first-order chi connectivity index (χ1) is 14.2. The minimum absolute atomic E-state index is 0.251. The van der Waals surface area contributed by atoms with E-state index in [1.807, 2.05) is 66.9 Å². The van der Waals surface area contributed by atoms with E-state index in [2.05, 4.69) is 10.3 Å². The highest BCUT2D eigenvalue weighted by Crippen LogP contribution is 2.26. The second kappa shape index (κ2) is 8.67. The molecule has 1 unspecified atom stereocenters. The van der Waals surface area contributed by atoms with Gasteiger partial charge in [-0.05, 0) is 58.1 Å². The van der Waals surface area contributed by atoms with Crippen molar-refractivity contribution in [3.05, 3.63) is 120 Å². The summed E-state index contributed by atoms with van der Waals surface area (Å²) >= 11 is 0. The molecule has 0 aliphatic rings. The molecule has 144 valence electrons. The predicted octanol–water partition coefficient (Wildman–Crippen LogP) is 5.58. The van der Waals surface area contributed by atoms with Crippen LogP contribution in [0.5, 0.6) is 0 Å². The lowest BCUT2D eigenvalue weighted by atomic mass is 9.98. The maximum absolute atomic E-state index is 13.1. The van der Waals surface area contributed by atoms with E-state index in [0.717, 1.165) is 33.5 Å². The van der Waals surface area contributed by atoms with Gasteiger partial charge in [0.25, 0.3) is 0 Å². The third-order valence-electron chi connectivity index (χ3n) is 4.85. The van der Waals surface area contributed by atoms with Crippen molar-refractivity contribution < 1.29 is 9.50 Å². The Morgan fingerprint density at radius 3 is 1.97 bits per heavy atom. The first-order valence-corrected chi connectivity index (χ1v) is 9.46. The lowest BCUT2D eigenvalue weighted by molar-refractivity contribution is 0.220. The molecule has 4 aromatic rings. The number of halogens is 1. The van der Waals surface area contributed by atoms with E-state index in [1.165, 1.54) is 12.1 Å². The zero-order valence-electron chi connectivity index (χ0n) is 15.8. The number of aromatic nitrogens is 1. The van der Waals surface area contributed by atoms with Crippen molar-refractivity contribution in [1.29, 1.82) is 0 Å². The molecule has 0 saturated carbocycles. The van der Waals surface area contributed by atoms with Crippen molar-refractivity contribution in [2.24, 2.45) is 0 Å². The molecule has 0 aliphatic heterocycles. The molecule has 0 aliphatic carbocycles. The van der Waals surface area contributed by atoms with Crippen LogP contribution in [-0.4, -0.2) is 10.1 Å². The summed E-state index contributed by atoms with van der Waals surface area (Å²) in [7, 11) is 0. The van der Waals surface area contributed by atoms with Gasteiger partial charge in [-0.2, -0.15) is 0 Å². The fraction of sp³-hybridized carbons (Fsp3) is 0.0800. The summed E-state index contributed by atoms with van der Waals surface area (Å²) in [6.07, 6.45) is 2.89. The quantitative estimate of drug-likeness (QED) is 0.456. The Balaban J connectivity index is 1.42. The molecular weight excluding hydrogens is 363 g/mol. The summed E-state index contributed by atoms with van der Waals surface area (Å²) in [6, 6.07) is 25.8. The van der Waals surface area contributed by atoms with Crippen LogP contribution in [0, 0.1) is 5.82 Å². The fourth-order valence-corrected chi connectivity index (χ4v) is 3.18. The minimum Gasteiger partial charge on any atom is -0.384 e. The first kappa shape index (κ1) is 18.8. The molecule has 0 radical (unpaired) electrons. The molecule has 1 heterocycles. The van der Waals surface area contributed by atoms with Crippen molar-refractivity contribution >= 4 is 5.69 Å². The van der Waals surface area contributed by atoms with Gasteiger partial charge in [-0.15, -0.1) is 0 Å². The molecule has 1 aromatic heterocycles. The number of nitrogens with zero attached hydrogens (tertiary/aromatic N) is 1. The molecule has 0 bridgehead atoms. The lowest BCUT2D eigenvalue weighted by Gasteiger charge is -2.14. The van der Waals surface area contributed by atoms with Gasteiger partial charge < -0.3 is 10.4 Å². The highest BCUT2D eigenvalue weighted by atomic mass is 19.1. The number of nitrogens with one attached hydrogen (secondary N) is 1. The molecule has 3 nitrogen and oxygen atoms in total. The predicted molar refractivity (Wildman–Crippen MR) is 114 cm³/mol. The summed E-state index contributed by atoms with van der Waals surface area (Å²) in [5.74, 6) is -0.251. The zero-order chi connectivity index (χ0) is 20.1. The van der Waals surface area contributed by atoms with Gasteiger partial charge in [0.2, 0.25) is 0 Å². The van der Waals surface area contributed by atoms with Gasteiger partial charge in [0.05, 0.1) is 0 Å². The molecule has 4 rings (SSSR count). The Kier molecular flexibility index (Phi) is 5.63. The van der Waals surface area contributed by atoms with E-state index in [0.29, 0.717) is 6.54 Å². The number of benzene rings is 3. The number of anilines is 1. The average molecular weight is 384 g/mol. The molecule has 3 aromatic carbocycles. The van der Waals surface area contributed by atoms with Crippen LogP contribution in [0.1, 0.15) is 22.8 Å². The van der Waals surface area contributed by atoms with E-state index >= 15 is 0 Å². The smallest absolute Gasteiger partial charge is 0.123 e. The van der Waals surface area contributed by atoms with Crippen molar-refractivity contribution in [3.63, 3.8) is 0 Å². The molecule has 0 amide bonds.